The van der Waals surface area contributed by atoms with Crippen LogP contribution in [0.4, 0.5) is 17.6 Å². The van der Waals surface area contributed by atoms with Gasteiger partial charge in [0.05, 0.1) is 0 Å². The van der Waals surface area contributed by atoms with Crippen LogP contribution in [0.1, 0.15) is 47.0 Å². The van der Waals surface area contributed by atoms with Gasteiger partial charge in [-0.1, -0.05) is 29.5 Å². The summed E-state index contributed by atoms with van der Waals surface area (Å²) >= 11 is 0. The van der Waals surface area contributed by atoms with E-state index in [1.54, 1.807) is 0 Å². The Kier molecular flexibility index (Phi) is 5.25. The van der Waals surface area contributed by atoms with Gasteiger partial charge in [0, 0.05) is 0 Å². The van der Waals surface area contributed by atoms with Gasteiger partial charge in [-0.2, -0.15) is 8.78 Å². The molecule has 0 aliphatic heterocycles. The fraction of sp³-hybridized carbons (Fsp3) is 1.00. The monoisotopic (exact) mass is 260 g/mol. The first-order valence-corrected chi connectivity index (χ1v) is 6.04. The summed E-state index contributed by atoms with van der Waals surface area (Å²) in [6, 6.07) is 0. The lowest BCUT2D eigenvalue weighted by atomic mass is 9.93. The molecule has 0 aromatic carbocycles. The maximum atomic E-state index is 13.8. The van der Waals surface area contributed by atoms with E-state index in [9.17, 15) is 17.6 Å². The standard InChI is InChI=1S/C11H21F4P/c1-8(2)6-5-7-10(13,16)11(14,15)9(3,4)12/h8H,5-7,16H2,1-4H3. The smallest absolute Gasteiger partial charge is 0.238 e. The highest BCUT2D eigenvalue weighted by atomic mass is 31.0. The Hall–Kier alpha value is 0.150. The van der Waals surface area contributed by atoms with Gasteiger partial charge in [0.2, 0.25) is 0 Å². The number of alkyl halides is 4. The first kappa shape index (κ1) is 16.1. The molecule has 0 aliphatic carbocycles. The second kappa shape index (κ2) is 5.20. The average Bonchev–Trinajstić information content (AvgIpc) is 2.00. The van der Waals surface area contributed by atoms with E-state index in [1.807, 2.05) is 13.8 Å². The molecule has 2 atom stereocenters. The molecule has 5 heteroatoms. The van der Waals surface area contributed by atoms with Crippen LogP contribution in [0.5, 0.6) is 0 Å². The Balaban J connectivity index is 4.53. The van der Waals surface area contributed by atoms with Crippen LogP contribution in [0.2, 0.25) is 0 Å². The molecule has 0 aromatic heterocycles. The van der Waals surface area contributed by atoms with Crippen LogP contribution in [0.15, 0.2) is 0 Å². The normalized spacial score (nSPS) is 17.6. The summed E-state index contributed by atoms with van der Waals surface area (Å²) < 4.78 is 54.0. The van der Waals surface area contributed by atoms with Gasteiger partial charge in [-0.3, -0.25) is 0 Å². The maximum Gasteiger partial charge on any atom is 0.317 e. The SMILES string of the molecule is CC(C)CCCC(F)(P)C(F)(F)C(C)(C)F. The summed E-state index contributed by atoms with van der Waals surface area (Å²) in [5, 5.41) is -2.87. The second-order valence-corrected chi connectivity index (χ2v) is 6.11. The van der Waals surface area contributed by atoms with Crippen molar-refractivity contribution in [3.05, 3.63) is 0 Å². The predicted molar refractivity (Wildman–Crippen MR) is 62.4 cm³/mol. The van der Waals surface area contributed by atoms with Crippen molar-refractivity contribution in [2.24, 2.45) is 5.92 Å². The Labute approximate surface area is 97.4 Å². The van der Waals surface area contributed by atoms with Crippen LogP contribution in [0.3, 0.4) is 0 Å². The summed E-state index contributed by atoms with van der Waals surface area (Å²) in [6.07, 6.45) is 0.627. The van der Waals surface area contributed by atoms with Gasteiger partial charge in [0.1, 0.15) is 0 Å². The zero-order valence-electron chi connectivity index (χ0n) is 10.3. The van der Waals surface area contributed by atoms with Gasteiger partial charge in [-0.05, 0) is 32.6 Å². The summed E-state index contributed by atoms with van der Waals surface area (Å²) in [5.74, 6) is -3.67. The Morgan fingerprint density at radius 3 is 1.81 bits per heavy atom. The lowest BCUT2D eigenvalue weighted by Crippen LogP contribution is -2.52. The Morgan fingerprint density at radius 1 is 1.06 bits per heavy atom. The molecule has 2 unspecified atom stereocenters. The Bertz CT molecular complexity index is 219. The molecule has 0 fully saturated rings. The van der Waals surface area contributed by atoms with Crippen molar-refractivity contribution in [2.45, 2.75) is 64.0 Å². The van der Waals surface area contributed by atoms with E-state index >= 15 is 0 Å². The van der Waals surface area contributed by atoms with Crippen molar-refractivity contribution >= 4 is 9.24 Å². The molecule has 0 spiro atoms. The maximum absolute atomic E-state index is 13.8. The van der Waals surface area contributed by atoms with Crippen LogP contribution in [0, 0.1) is 5.92 Å². The molecule has 0 N–H and O–H groups in total. The quantitative estimate of drug-likeness (QED) is 0.478. The van der Waals surface area contributed by atoms with Gasteiger partial charge < -0.3 is 0 Å². The van der Waals surface area contributed by atoms with E-state index in [1.165, 1.54) is 9.24 Å². The van der Waals surface area contributed by atoms with Gasteiger partial charge in [-0.15, -0.1) is 0 Å². The average molecular weight is 260 g/mol. The van der Waals surface area contributed by atoms with Crippen molar-refractivity contribution in [3.63, 3.8) is 0 Å². The van der Waals surface area contributed by atoms with Crippen molar-refractivity contribution in [1.29, 1.82) is 0 Å². The third-order valence-electron chi connectivity index (χ3n) is 2.59. The van der Waals surface area contributed by atoms with E-state index in [-0.39, 0.29) is 6.42 Å². The first-order valence-electron chi connectivity index (χ1n) is 5.46. The van der Waals surface area contributed by atoms with Crippen LogP contribution in [-0.2, 0) is 0 Å². The zero-order valence-corrected chi connectivity index (χ0v) is 11.4. The minimum Gasteiger partial charge on any atom is -0.238 e. The van der Waals surface area contributed by atoms with Crippen molar-refractivity contribution in [1.82, 2.24) is 0 Å². The third kappa shape index (κ3) is 3.87. The van der Waals surface area contributed by atoms with Gasteiger partial charge >= 0.3 is 5.92 Å². The highest BCUT2D eigenvalue weighted by Crippen LogP contribution is 2.49. The van der Waals surface area contributed by atoms with Crippen LogP contribution < -0.4 is 0 Å². The molecule has 0 nitrogen and oxygen atoms in total. The van der Waals surface area contributed by atoms with Gasteiger partial charge in [0.25, 0.3) is 0 Å². The van der Waals surface area contributed by atoms with E-state index in [0.717, 1.165) is 0 Å². The second-order valence-electron chi connectivity index (χ2n) is 5.20. The third-order valence-corrected chi connectivity index (χ3v) is 3.24. The van der Waals surface area contributed by atoms with E-state index in [4.69, 9.17) is 0 Å². The zero-order chi connectivity index (χ0) is 13.2. The fourth-order valence-electron chi connectivity index (χ4n) is 1.42. The first-order chi connectivity index (χ1) is 6.92. The number of rotatable bonds is 6. The summed E-state index contributed by atoms with van der Waals surface area (Å²) in [4.78, 5) is 0. The summed E-state index contributed by atoms with van der Waals surface area (Å²) in [5.41, 5.74) is -2.86. The number of halogens is 4. The molecule has 0 saturated carbocycles. The lowest BCUT2D eigenvalue weighted by molar-refractivity contribution is -0.181. The van der Waals surface area contributed by atoms with Crippen molar-refractivity contribution < 1.29 is 17.6 Å². The highest BCUT2D eigenvalue weighted by molar-refractivity contribution is 7.18. The highest BCUT2D eigenvalue weighted by Gasteiger charge is 2.61. The van der Waals surface area contributed by atoms with Crippen molar-refractivity contribution in [2.75, 3.05) is 0 Å². The van der Waals surface area contributed by atoms with Gasteiger partial charge in [-0.25, -0.2) is 8.78 Å². The Morgan fingerprint density at radius 2 is 1.50 bits per heavy atom. The minimum atomic E-state index is -4.00. The number of hydrogen-bond donors (Lipinski definition) is 0. The number of hydrogen-bond acceptors (Lipinski definition) is 0. The summed E-state index contributed by atoms with van der Waals surface area (Å²) in [7, 11) is 1.47. The molecule has 0 aromatic rings. The molecule has 0 bridgehead atoms. The van der Waals surface area contributed by atoms with Crippen LogP contribution in [-0.4, -0.2) is 17.0 Å². The molecule has 0 aliphatic rings. The largest absolute Gasteiger partial charge is 0.317 e. The van der Waals surface area contributed by atoms with E-state index in [2.05, 4.69) is 0 Å². The molecular weight excluding hydrogens is 239 g/mol. The molecule has 0 amide bonds. The molecule has 0 heterocycles. The topological polar surface area (TPSA) is 0 Å². The molecular formula is C11H21F4P. The van der Waals surface area contributed by atoms with Crippen LogP contribution >= 0.6 is 9.24 Å². The van der Waals surface area contributed by atoms with Gasteiger partial charge in [0.15, 0.2) is 11.1 Å². The van der Waals surface area contributed by atoms with Crippen molar-refractivity contribution in [3.8, 4) is 0 Å². The molecule has 16 heavy (non-hydrogen) atoms. The molecule has 0 radical (unpaired) electrons. The predicted octanol–water partition coefficient (Wildman–Crippen LogP) is 4.74. The van der Waals surface area contributed by atoms with E-state index < -0.39 is 17.0 Å². The fourth-order valence-corrected chi connectivity index (χ4v) is 1.97. The summed E-state index contributed by atoms with van der Waals surface area (Å²) in [6.45, 7) is 5.27. The van der Waals surface area contributed by atoms with Crippen LogP contribution in [0.25, 0.3) is 0 Å². The lowest BCUT2D eigenvalue weighted by Gasteiger charge is -2.36. The molecule has 98 valence electrons. The van der Waals surface area contributed by atoms with E-state index in [0.29, 0.717) is 32.6 Å². The minimum absolute atomic E-state index is 0.323. The molecule has 0 rings (SSSR count). The molecule has 0 saturated heterocycles.